The second-order valence-electron chi connectivity index (χ2n) is 8.51. The van der Waals surface area contributed by atoms with Crippen LogP contribution in [0.5, 0.6) is 17.2 Å². The van der Waals surface area contributed by atoms with E-state index in [0.29, 0.717) is 22.7 Å². The molecule has 0 unspecified atom stereocenters. The molecule has 0 radical (unpaired) electrons. The summed E-state index contributed by atoms with van der Waals surface area (Å²) in [6, 6.07) is 19.2. The molecule has 1 heterocycles. The Morgan fingerprint density at radius 1 is 0.886 bits per heavy atom. The number of carbonyl (C=O) groups excluding carboxylic acids is 1. The van der Waals surface area contributed by atoms with E-state index in [0.717, 1.165) is 43.8 Å². The lowest BCUT2D eigenvalue weighted by Gasteiger charge is -2.39. The maximum Gasteiger partial charge on any atom is 0.262 e. The summed E-state index contributed by atoms with van der Waals surface area (Å²) in [4.78, 5) is 17.9. The Morgan fingerprint density at radius 3 is 2.20 bits per heavy atom. The Morgan fingerprint density at radius 2 is 1.54 bits per heavy atom. The van der Waals surface area contributed by atoms with Gasteiger partial charge < -0.3 is 19.1 Å². The van der Waals surface area contributed by atoms with Gasteiger partial charge >= 0.3 is 0 Å². The minimum Gasteiger partial charge on any atom is -0.496 e. The van der Waals surface area contributed by atoms with Crippen LogP contribution in [0.2, 0.25) is 0 Å². The number of ether oxygens (including phenoxy) is 3. The Hall–Kier alpha value is -3.58. The second-order valence-corrected chi connectivity index (χ2v) is 8.51. The first-order valence-corrected chi connectivity index (χ1v) is 11.7. The average Bonchev–Trinajstić information content (AvgIpc) is 2.90. The first-order valence-electron chi connectivity index (χ1n) is 11.7. The van der Waals surface area contributed by atoms with Crippen LogP contribution in [-0.4, -0.2) is 51.3 Å². The molecule has 3 aromatic rings. The van der Waals surface area contributed by atoms with Crippen molar-refractivity contribution < 1.29 is 23.4 Å². The molecule has 0 aliphatic carbocycles. The fourth-order valence-corrected chi connectivity index (χ4v) is 4.70. The average molecular weight is 479 g/mol. The van der Waals surface area contributed by atoms with Crippen LogP contribution < -0.4 is 19.1 Å². The zero-order valence-electron chi connectivity index (χ0n) is 20.4. The third-order valence-electron chi connectivity index (χ3n) is 6.46. The molecule has 0 N–H and O–H groups in total. The summed E-state index contributed by atoms with van der Waals surface area (Å²) in [5.74, 6) is 1.50. The number of amides is 1. The van der Waals surface area contributed by atoms with E-state index in [9.17, 15) is 9.18 Å². The molecule has 6 nitrogen and oxygen atoms in total. The van der Waals surface area contributed by atoms with E-state index in [1.165, 1.54) is 12.1 Å². The Kier molecular flexibility index (Phi) is 7.87. The van der Waals surface area contributed by atoms with E-state index >= 15 is 0 Å². The van der Waals surface area contributed by atoms with Crippen LogP contribution in [0, 0.1) is 5.82 Å². The number of methoxy groups -OCH3 is 3. The number of benzene rings is 3. The van der Waals surface area contributed by atoms with Gasteiger partial charge in [-0.3, -0.25) is 9.69 Å². The Balaban J connectivity index is 1.54. The Labute approximate surface area is 205 Å². The summed E-state index contributed by atoms with van der Waals surface area (Å²) < 4.78 is 30.1. The van der Waals surface area contributed by atoms with E-state index < -0.39 is 0 Å². The Bertz CT molecular complexity index is 1140. The summed E-state index contributed by atoms with van der Waals surface area (Å²) >= 11 is 0. The summed E-state index contributed by atoms with van der Waals surface area (Å²) in [6.45, 7) is 2.34. The van der Waals surface area contributed by atoms with Gasteiger partial charge in [0.2, 0.25) is 0 Å². The number of hydrogen-bond donors (Lipinski definition) is 0. The third kappa shape index (κ3) is 5.41. The predicted molar refractivity (Wildman–Crippen MR) is 134 cm³/mol. The summed E-state index contributed by atoms with van der Waals surface area (Å²) in [5.41, 5.74) is 2.23. The molecule has 184 valence electrons. The van der Waals surface area contributed by atoms with Gasteiger partial charge in [-0.15, -0.1) is 0 Å². The number of anilines is 1. The van der Waals surface area contributed by atoms with Crippen LogP contribution in [-0.2, 0) is 6.54 Å². The first kappa shape index (κ1) is 24.5. The number of carbonyl (C=O) groups is 1. The van der Waals surface area contributed by atoms with E-state index in [1.54, 1.807) is 50.5 Å². The molecule has 0 aromatic heterocycles. The van der Waals surface area contributed by atoms with Gasteiger partial charge in [-0.25, -0.2) is 4.39 Å². The molecule has 3 aromatic carbocycles. The smallest absolute Gasteiger partial charge is 0.262 e. The topological polar surface area (TPSA) is 51.2 Å². The number of piperidine rings is 1. The van der Waals surface area contributed by atoms with Crippen molar-refractivity contribution in [1.29, 1.82) is 0 Å². The maximum absolute atomic E-state index is 13.7. The monoisotopic (exact) mass is 478 g/mol. The number of likely N-dealkylation sites (tertiary alicyclic amines) is 1. The molecule has 0 saturated carbocycles. The van der Waals surface area contributed by atoms with E-state index in [2.05, 4.69) is 4.90 Å². The van der Waals surface area contributed by atoms with Gasteiger partial charge in [0.05, 0.1) is 26.9 Å². The van der Waals surface area contributed by atoms with Crippen molar-refractivity contribution >= 4 is 11.6 Å². The molecule has 7 heteroatoms. The molecule has 0 bridgehead atoms. The molecular weight excluding hydrogens is 447 g/mol. The maximum atomic E-state index is 13.7. The zero-order chi connectivity index (χ0) is 24.8. The highest BCUT2D eigenvalue weighted by molar-refractivity contribution is 6.08. The molecule has 0 spiro atoms. The van der Waals surface area contributed by atoms with Crippen molar-refractivity contribution in [3.63, 3.8) is 0 Å². The highest BCUT2D eigenvalue weighted by atomic mass is 19.1. The van der Waals surface area contributed by atoms with Gasteiger partial charge in [-0.05, 0) is 55.3 Å². The van der Waals surface area contributed by atoms with Gasteiger partial charge in [-0.2, -0.15) is 0 Å². The van der Waals surface area contributed by atoms with Gasteiger partial charge in [-0.1, -0.05) is 24.3 Å². The fourth-order valence-electron chi connectivity index (χ4n) is 4.70. The standard InChI is InChI=1S/C28H31FN2O4/c1-33-25-9-5-4-8-24(25)28(32)31(22-13-11-21(29)12-14-22)23-15-17-30(18-16-23)19-20-7-6-10-26(34-2)27(20)35-3/h4-14,23H,15-19H2,1-3H3. The number of para-hydroxylation sites is 2. The summed E-state index contributed by atoms with van der Waals surface area (Å²) in [6.07, 6.45) is 1.56. The lowest BCUT2D eigenvalue weighted by Crippen LogP contribution is -2.47. The molecular formula is C28H31FN2O4. The molecule has 0 atom stereocenters. The van der Waals surface area contributed by atoms with Gasteiger partial charge in [0.25, 0.3) is 5.91 Å². The largest absolute Gasteiger partial charge is 0.496 e. The van der Waals surface area contributed by atoms with Crippen molar-refractivity contribution in [3.8, 4) is 17.2 Å². The van der Waals surface area contributed by atoms with Crippen molar-refractivity contribution in [2.24, 2.45) is 0 Å². The molecule has 35 heavy (non-hydrogen) atoms. The van der Waals surface area contributed by atoms with E-state index in [-0.39, 0.29) is 17.8 Å². The van der Waals surface area contributed by atoms with Gasteiger partial charge in [0.1, 0.15) is 11.6 Å². The van der Waals surface area contributed by atoms with Crippen LogP contribution in [0.1, 0.15) is 28.8 Å². The van der Waals surface area contributed by atoms with E-state index in [1.807, 2.05) is 30.3 Å². The number of nitrogens with zero attached hydrogens (tertiary/aromatic N) is 2. The van der Waals surface area contributed by atoms with Crippen molar-refractivity contribution in [2.75, 3.05) is 39.3 Å². The highest BCUT2D eigenvalue weighted by Crippen LogP contribution is 2.33. The lowest BCUT2D eigenvalue weighted by molar-refractivity contribution is 0.0955. The van der Waals surface area contributed by atoms with Crippen LogP contribution in [0.25, 0.3) is 0 Å². The molecule has 1 saturated heterocycles. The predicted octanol–water partition coefficient (Wildman–Crippen LogP) is 5.16. The molecule has 1 amide bonds. The first-order chi connectivity index (χ1) is 17.0. The van der Waals surface area contributed by atoms with Crippen molar-refractivity contribution in [2.45, 2.75) is 25.4 Å². The van der Waals surface area contributed by atoms with Gasteiger partial charge in [0, 0.05) is 36.9 Å². The van der Waals surface area contributed by atoms with Crippen molar-refractivity contribution in [1.82, 2.24) is 4.90 Å². The number of halogens is 1. The quantitative estimate of drug-likeness (QED) is 0.448. The number of rotatable bonds is 8. The minimum absolute atomic E-state index is 0.0265. The fraction of sp³-hybridized carbons (Fsp3) is 0.321. The molecule has 4 rings (SSSR count). The van der Waals surface area contributed by atoms with Crippen molar-refractivity contribution in [3.05, 3.63) is 83.7 Å². The van der Waals surface area contributed by atoms with Crippen LogP contribution >= 0.6 is 0 Å². The number of hydrogen-bond acceptors (Lipinski definition) is 5. The third-order valence-corrected chi connectivity index (χ3v) is 6.46. The summed E-state index contributed by atoms with van der Waals surface area (Å²) in [7, 11) is 4.84. The SMILES string of the molecule is COc1ccccc1C(=O)N(c1ccc(F)cc1)C1CCN(Cc2cccc(OC)c2OC)CC1. The molecule has 1 aliphatic heterocycles. The van der Waals surface area contributed by atoms with Crippen LogP contribution in [0.4, 0.5) is 10.1 Å². The minimum atomic E-state index is -0.333. The molecule has 1 fully saturated rings. The normalized spacial score (nSPS) is 14.4. The highest BCUT2D eigenvalue weighted by Gasteiger charge is 2.31. The summed E-state index contributed by atoms with van der Waals surface area (Å²) in [5, 5.41) is 0. The zero-order valence-corrected chi connectivity index (χ0v) is 20.4. The van der Waals surface area contributed by atoms with Crippen LogP contribution in [0.3, 0.4) is 0 Å². The molecule has 1 aliphatic rings. The second kappa shape index (κ2) is 11.2. The van der Waals surface area contributed by atoms with Crippen LogP contribution in [0.15, 0.2) is 66.7 Å². The lowest BCUT2D eigenvalue weighted by atomic mass is 9.99. The van der Waals surface area contributed by atoms with Gasteiger partial charge in [0.15, 0.2) is 11.5 Å². The van der Waals surface area contributed by atoms with E-state index in [4.69, 9.17) is 14.2 Å².